The van der Waals surface area contributed by atoms with E-state index in [2.05, 4.69) is 10.5 Å². The number of hydrogen-bond donors (Lipinski definition) is 1. The van der Waals surface area contributed by atoms with E-state index in [9.17, 15) is 9.59 Å². The van der Waals surface area contributed by atoms with Crippen LogP contribution in [0.4, 0.5) is 0 Å². The highest BCUT2D eigenvalue weighted by molar-refractivity contribution is 6.05. The van der Waals surface area contributed by atoms with E-state index >= 15 is 0 Å². The standard InChI is InChI=1S/C27H22N2O4/c1-32-25-16-20(18-28-29-26(30)17-19-8-3-2-4-9-19)14-15-24(25)33-27(31)23-13-7-11-21-10-5-6-12-22(21)23/h2-16,18H,17H2,1H3,(H,29,30)/b28-18+. The number of rotatable bonds is 7. The summed E-state index contributed by atoms with van der Waals surface area (Å²) < 4.78 is 11.0. The average Bonchev–Trinajstić information content (AvgIpc) is 2.85. The lowest BCUT2D eigenvalue weighted by molar-refractivity contribution is -0.120. The van der Waals surface area contributed by atoms with E-state index in [0.29, 0.717) is 22.6 Å². The lowest BCUT2D eigenvalue weighted by Gasteiger charge is -2.11. The van der Waals surface area contributed by atoms with Gasteiger partial charge < -0.3 is 9.47 Å². The van der Waals surface area contributed by atoms with Crippen molar-refractivity contribution in [2.24, 2.45) is 5.10 Å². The minimum atomic E-state index is -0.473. The summed E-state index contributed by atoms with van der Waals surface area (Å²) >= 11 is 0. The van der Waals surface area contributed by atoms with Crippen LogP contribution in [-0.2, 0) is 11.2 Å². The zero-order valence-corrected chi connectivity index (χ0v) is 18.0. The molecule has 6 heteroatoms. The van der Waals surface area contributed by atoms with Gasteiger partial charge in [0.15, 0.2) is 11.5 Å². The van der Waals surface area contributed by atoms with Crippen molar-refractivity contribution in [3.63, 3.8) is 0 Å². The first-order valence-corrected chi connectivity index (χ1v) is 10.4. The number of nitrogens with one attached hydrogen (secondary N) is 1. The molecule has 0 aromatic heterocycles. The molecular formula is C27H22N2O4. The normalized spacial score (nSPS) is 10.8. The van der Waals surface area contributed by atoms with E-state index in [-0.39, 0.29) is 12.3 Å². The molecular weight excluding hydrogens is 416 g/mol. The Hall–Kier alpha value is -4.45. The van der Waals surface area contributed by atoms with Crippen molar-refractivity contribution >= 4 is 28.9 Å². The Morgan fingerprint density at radius 3 is 2.45 bits per heavy atom. The number of carbonyl (C=O) groups is 2. The molecule has 0 saturated carbocycles. The molecule has 0 fully saturated rings. The molecule has 1 N–H and O–H groups in total. The second kappa shape index (κ2) is 10.2. The molecule has 0 heterocycles. The summed E-state index contributed by atoms with van der Waals surface area (Å²) in [6.07, 6.45) is 1.74. The van der Waals surface area contributed by atoms with Crippen LogP contribution in [0.5, 0.6) is 11.5 Å². The zero-order valence-electron chi connectivity index (χ0n) is 18.0. The van der Waals surface area contributed by atoms with Gasteiger partial charge in [-0.2, -0.15) is 5.10 Å². The smallest absolute Gasteiger partial charge is 0.344 e. The van der Waals surface area contributed by atoms with E-state index in [4.69, 9.17) is 9.47 Å². The van der Waals surface area contributed by atoms with Gasteiger partial charge in [0.05, 0.1) is 25.3 Å². The number of hydrogen-bond acceptors (Lipinski definition) is 5. The third kappa shape index (κ3) is 5.43. The Morgan fingerprint density at radius 1 is 0.879 bits per heavy atom. The second-order valence-corrected chi connectivity index (χ2v) is 7.28. The molecule has 1 amide bonds. The fourth-order valence-corrected chi connectivity index (χ4v) is 3.41. The number of esters is 1. The molecule has 0 spiro atoms. The van der Waals surface area contributed by atoms with E-state index in [1.807, 2.05) is 66.7 Å². The number of hydrazone groups is 1. The summed E-state index contributed by atoms with van der Waals surface area (Å²) in [5.41, 5.74) is 4.57. The first-order valence-electron chi connectivity index (χ1n) is 10.4. The lowest BCUT2D eigenvalue weighted by atomic mass is 10.0. The first-order chi connectivity index (χ1) is 16.1. The number of carbonyl (C=O) groups excluding carboxylic acids is 2. The van der Waals surface area contributed by atoms with Crippen molar-refractivity contribution in [3.8, 4) is 11.5 Å². The molecule has 0 bridgehead atoms. The quantitative estimate of drug-likeness (QED) is 0.195. The molecule has 0 aliphatic heterocycles. The fraction of sp³-hybridized carbons (Fsp3) is 0.0741. The highest BCUT2D eigenvalue weighted by atomic mass is 16.6. The van der Waals surface area contributed by atoms with Crippen molar-refractivity contribution in [2.75, 3.05) is 7.11 Å². The highest BCUT2D eigenvalue weighted by Gasteiger charge is 2.15. The molecule has 0 unspecified atom stereocenters. The summed E-state index contributed by atoms with van der Waals surface area (Å²) in [6, 6.07) is 27.6. The van der Waals surface area contributed by atoms with Gasteiger partial charge in [-0.25, -0.2) is 10.2 Å². The molecule has 0 aliphatic carbocycles. The summed E-state index contributed by atoms with van der Waals surface area (Å²) in [6.45, 7) is 0. The molecule has 164 valence electrons. The molecule has 4 aromatic carbocycles. The van der Waals surface area contributed by atoms with E-state index in [1.165, 1.54) is 13.3 Å². The van der Waals surface area contributed by atoms with Crippen LogP contribution in [0.2, 0.25) is 0 Å². The summed E-state index contributed by atoms with van der Waals surface area (Å²) in [5.74, 6) is -0.0198. The van der Waals surface area contributed by atoms with Crippen molar-refractivity contribution in [3.05, 3.63) is 108 Å². The van der Waals surface area contributed by atoms with Gasteiger partial charge in [0, 0.05) is 0 Å². The van der Waals surface area contributed by atoms with Crippen molar-refractivity contribution < 1.29 is 19.1 Å². The summed E-state index contributed by atoms with van der Waals surface area (Å²) in [7, 11) is 1.49. The van der Waals surface area contributed by atoms with E-state index in [1.54, 1.807) is 24.3 Å². The van der Waals surface area contributed by atoms with Gasteiger partial charge in [0.2, 0.25) is 5.91 Å². The minimum absolute atomic E-state index is 0.218. The Kier molecular flexibility index (Phi) is 6.75. The molecule has 6 nitrogen and oxygen atoms in total. The topological polar surface area (TPSA) is 77.0 Å². The summed E-state index contributed by atoms with van der Waals surface area (Å²) in [4.78, 5) is 24.8. The van der Waals surface area contributed by atoms with Crippen molar-refractivity contribution in [2.45, 2.75) is 6.42 Å². The van der Waals surface area contributed by atoms with Crippen LogP contribution < -0.4 is 14.9 Å². The third-order valence-electron chi connectivity index (χ3n) is 5.01. The number of amides is 1. The maximum absolute atomic E-state index is 12.8. The van der Waals surface area contributed by atoms with Gasteiger partial charge in [0.1, 0.15) is 0 Å². The zero-order chi connectivity index (χ0) is 23.0. The monoisotopic (exact) mass is 438 g/mol. The molecule has 4 rings (SSSR count). The number of nitrogens with zero attached hydrogens (tertiary/aromatic N) is 1. The van der Waals surface area contributed by atoms with Crippen LogP contribution in [0.15, 0.2) is 96.1 Å². The minimum Gasteiger partial charge on any atom is -0.493 e. The van der Waals surface area contributed by atoms with Crippen molar-refractivity contribution in [1.82, 2.24) is 5.43 Å². The molecule has 33 heavy (non-hydrogen) atoms. The van der Waals surface area contributed by atoms with Crippen LogP contribution >= 0.6 is 0 Å². The third-order valence-corrected chi connectivity index (χ3v) is 5.01. The largest absolute Gasteiger partial charge is 0.493 e. The van der Waals surface area contributed by atoms with Gasteiger partial charge in [-0.1, -0.05) is 66.7 Å². The van der Waals surface area contributed by atoms with Gasteiger partial charge >= 0.3 is 5.97 Å². The van der Waals surface area contributed by atoms with Crippen LogP contribution in [0.3, 0.4) is 0 Å². The Morgan fingerprint density at radius 2 is 1.64 bits per heavy atom. The molecule has 0 saturated heterocycles. The lowest BCUT2D eigenvalue weighted by Crippen LogP contribution is -2.19. The van der Waals surface area contributed by atoms with Crippen LogP contribution in [0.1, 0.15) is 21.5 Å². The van der Waals surface area contributed by atoms with Crippen LogP contribution in [0, 0.1) is 0 Å². The predicted octanol–water partition coefficient (Wildman–Crippen LogP) is 4.76. The predicted molar refractivity (Wildman–Crippen MR) is 128 cm³/mol. The first kappa shape index (κ1) is 21.8. The highest BCUT2D eigenvalue weighted by Crippen LogP contribution is 2.29. The van der Waals surface area contributed by atoms with Crippen LogP contribution in [0.25, 0.3) is 10.8 Å². The number of benzene rings is 4. The van der Waals surface area contributed by atoms with E-state index in [0.717, 1.165) is 16.3 Å². The summed E-state index contributed by atoms with van der Waals surface area (Å²) in [5, 5.41) is 5.77. The van der Waals surface area contributed by atoms with Crippen molar-refractivity contribution in [1.29, 1.82) is 0 Å². The molecule has 0 atom stereocenters. The Balaban J connectivity index is 1.43. The van der Waals surface area contributed by atoms with E-state index < -0.39 is 5.97 Å². The maximum Gasteiger partial charge on any atom is 0.344 e. The molecule has 0 radical (unpaired) electrons. The van der Waals surface area contributed by atoms with Gasteiger partial charge in [-0.15, -0.1) is 0 Å². The van der Waals surface area contributed by atoms with Gasteiger partial charge in [-0.05, 0) is 46.2 Å². The Labute approximate surface area is 191 Å². The van der Waals surface area contributed by atoms with Gasteiger partial charge in [-0.3, -0.25) is 4.79 Å². The molecule has 4 aromatic rings. The van der Waals surface area contributed by atoms with Gasteiger partial charge in [0.25, 0.3) is 0 Å². The number of ether oxygens (including phenoxy) is 2. The SMILES string of the molecule is COc1cc(/C=N/NC(=O)Cc2ccccc2)ccc1OC(=O)c1cccc2ccccc12. The fourth-order valence-electron chi connectivity index (χ4n) is 3.41. The average molecular weight is 438 g/mol. The van der Waals surface area contributed by atoms with Crippen LogP contribution in [-0.4, -0.2) is 25.2 Å². The number of fused-ring (bicyclic) bond motifs is 1. The molecule has 0 aliphatic rings. The number of methoxy groups -OCH3 is 1. The maximum atomic E-state index is 12.8. The second-order valence-electron chi connectivity index (χ2n) is 7.28. The Bertz CT molecular complexity index is 1310.